The van der Waals surface area contributed by atoms with Crippen molar-refractivity contribution in [2.24, 2.45) is 0 Å². The summed E-state index contributed by atoms with van der Waals surface area (Å²) in [5, 5.41) is 14.3. The molecule has 0 bridgehead atoms. The Morgan fingerprint density at radius 2 is 2.05 bits per heavy atom. The lowest BCUT2D eigenvalue weighted by Gasteiger charge is -2.41. The zero-order valence-corrected chi connectivity index (χ0v) is 12.9. The van der Waals surface area contributed by atoms with E-state index >= 15 is 0 Å². The van der Waals surface area contributed by atoms with E-state index in [1.54, 1.807) is 0 Å². The van der Waals surface area contributed by atoms with Crippen LogP contribution in [0.25, 0.3) is 0 Å². The Labute approximate surface area is 130 Å². The van der Waals surface area contributed by atoms with Crippen LogP contribution in [0.4, 0.5) is 5.69 Å². The summed E-state index contributed by atoms with van der Waals surface area (Å²) in [7, 11) is 0. The van der Waals surface area contributed by atoms with E-state index in [0.29, 0.717) is 10.9 Å². The van der Waals surface area contributed by atoms with E-state index in [0.717, 1.165) is 18.5 Å². The summed E-state index contributed by atoms with van der Waals surface area (Å²) >= 11 is 6.07. The lowest BCUT2D eigenvalue weighted by molar-refractivity contribution is 0.190. The number of aliphatic hydroxyl groups is 1. The van der Waals surface area contributed by atoms with Crippen LogP contribution in [-0.4, -0.2) is 11.7 Å². The fraction of sp³-hybridized carbons (Fsp3) is 0.333. The zero-order chi connectivity index (χ0) is 14.9. The highest BCUT2D eigenvalue weighted by Crippen LogP contribution is 2.43. The molecule has 3 rings (SSSR count). The van der Waals surface area contributed by atoms with Crippen LogP contribution in [0.1, 0.15) is 36.8 Å². The minimum Gasteiger partial charge on any atom is -0.394 e. The Bertz CT molecular complexity index is 643. The molecule has 0 spiro atoms. The number of hydrogen-bond donors (Lipinski definition) is 2. The van der Waals surface area contributed by atoms with Crippen LogP contribution in [0.15, 0.2) is 48.5 Å². The molecule has 1 aliphatic carbocycles. The quantitative estimate of drug-likeness (QED) is 0.872. The molecule has 0 saturated heterocycles. The maximum Gasteiger partial charge on any atom is 0.0859 e. The Morgan fingerprint density at radius 3 is 2.81 bits per heavy atom. The molecule has 2 aromatic rings. The molecule has 2 aromatic carbocycles. The molecular formula is C18H20ClNO. The van der Waals surface area contributed by atoms with Crippen LogP contribution < -0.4 is 5.32 Å². The second-order valence-electron chi connectivity index (χ2n) is 5.90. The monoisotopic (exact) mass is 301 g/mol. The van der Waals surface area contributed by atoms with Gasteiger partial charge in [-0.1, -0.05) is 48.9 Å². The number of aliphatic hydroxyl groups excluding tert-OH is 1. The number of hydrogen-bond acceptors (Lipinski definition) is 2. The van der Waals surface area contributed by atoms with Gasteiger partial charge in [-0.15, -0.1) is 0 Å². The Hall–Kier alpha value is -1.51. The molecule has 0 amide bonds. The largest absolute Gasteiger partial charge is 0.394 e. The Morgan fingerprint density at radius 1 is 1.24 bits per heavy atom. The van der Waals surface area contributed by atoms with Gasteiger partial charge in [0.2, 0.25) is 0 Å². The number of benzene rings is 2. The Kier molecular flexibility index (Phi) is 3.92. The first-order chi connectivity index (χ1) is 10.1. The standard InChI is InChI=1S/C18H20ClNO/c1-13-9-10-18(12-21,17-8-3-2-7-16(13)17)20-15-6-4-5-14(19)11-15/h2-8,11,13,20-21H,9-10,12H2,1H3. The van der Waals surface area contributed by atoms with Gasteiger partial charge >= 0.3 is 0 Å². The SMILES string of the molecule is CC1CCC(CO)(Nc2cccc(Cl)c2)c2ccccc21. The average Bonchev–Trinajstić information content (AvgIpc) is 2.51. The van der Waals surface area contributed by atoms with Gasteiger partial charge in [0, 0.05) is 10.7 Å². The summed E-state index contributed by atoms with van der Waals surface area (Å²) < 4.78 is 0. The zero-order valence-electron chi connectivity index (χ0n) is 12.1. The highest BCUT2D eigenvalue weighted by atomic mass is 35.5. The van der Waals surface area contributed by atoms with Crippen molar-refractivity contribution in [2.45, 2.75) is 31.2 Å². The van der Waals surface area contributed by atoms with E-state index < -0.39 is 5.54 Å². The summed E-state index contributed by atoms with van der Waals surface area (Å²) in [6.45, 7) is 2.32. The lowest BCUT2D eigenvalue weighted by atomic mass is 9.72. The number of nitrogens with one attached hydrogen (secondary N) is 1. The fourth-order valence-corrected chi connectivity index (χ4v) is 3.48. The van der Waals surface area contributed by atoms with Gasteiger partial charge in [0.15, 0.2) is 0 Å². The molecule has 0 aromatic heterocycles. The molecule has 1 aliphatic rings. The normalized spacial score (nSPS) is 24.4. The van der Waals surface area contributed by atoms with Crippen molar-refractivity contribution in [3.05, 3.63) is 64.7 Å². The van der Waals surface area contributed by atoms with E-state index in [9.17, 15) is 5.11 Å². The van der Waals surface area contributed by atoms with Crippen molar-refractivity contribution >= 4 is 17.3 Å². The predicted molar refractivity (Wildman–Crippen MR) is 87.9 cm³/mol. The van der Waals surface area contributed by atoms with Crippen LogP contribution in [-0.2, 0) is 5.54 Å². The lowest BCUT2D eigenvalue weighted by Crippen LogP contribution is -2.42. The smallest absolute Gasteiger partial charge is 0.0859 e. The van der Waals surface area contributed by atoms with Crippen LogP contribution in [0.5, 0.6) is 0 Å². The van der Waals surface area contributed by atoms with Crippen molar-refractivity contribution in [2.75, 3.05) is 11.9 Å². The van der Waals surface area contributed by atoms with Crippen molar-refractivity contribution in [3.8, 4) is 0 Å². The van der Waals surface area contributed by atoms with Gasteiger partial charge < -0.3 is 10.4 Å². The van der Waals surface area contributed by atoms with Gasteiger partial charge in [-0.25, -0.2) is 0 Å². The Balaban J connectivity index is 2.03. The van der Waals surface area contributed by atoms with Gasteiger partial charge in [0.25, 0.3) is 0 Å². The molecule has 0 fully saturated rings. The first kappa shape index (κ1) is 14.4. The molecule has 0 radical (unpaired) electrons. The molecular weight excluding hydrogens is 282 g/mol. The molecule has 0 aliphatic heterocycles. The van der Waals surface area contributed by atoms with Crippen LogP contribution in [0, 0.1) is 0 Å². The van der Waals surface area contributed by atoms with Crippen molar-refractivity contribution in [1.29, 1.82) is 0 Å². The van der Waals surface area contributed by atoms with Crippen molar-refractivity contribution in [1.82, 2.24) is 0 Å². The van der Waals surface area contributed by atoms with Gasteiger partial charge in [-0.05, 0) is 48.1 Å². The molecule has 2 unspecified atom stereocenters. The molecule has 0 saturated carbocycles. The van der Waals surface area contributed by atoms with Crippen molar-refractivity contribution < 1.29 is 5.11 Å². The van der Waals surface area contributed by atoms with Gasteiger partial charge in [0.05, 0.1) is 12.1 Å². The fourth-order valence-electron chi connectivity index (χ4n) is 3.29. The number of anilines is 1. The van der Waals surface area contributed by atoms with Crippen LogP contribution in [0.2, 0.25) is 5.02 Å². The highest BCUT2D eigenvalue weighted by molar-refractivity contribution is 6.30. The topological polar surface area (TPSA) is 32.3 Å². The molecule has 2 N–H and O–H groups in total. The predicted octanol–water partition coefficient (Wildman–Crippen LogP) is 4.54. The number of fused-ring (bicyclic) bond motifs is 1. The number of rotatable bonds is 3. The summed E-state index contributed by atoms with van der Waals surface area (Å²) in [4.78, 5) is 0. The maximum atomic E-state index is 10.1. The second kappa shape index (κ2) is 5.70. The molecule has 2 atom stereocenters. The molecule has 0 heterocycles. The molecule has 2 nitrogen and oxygen atoms in total. The maximum absolute atomic E-state index is 10.1. The van der Waals surface area contributed by atoms with E-state index in [-0.39, 0.29) is 6.61 Å². The molecule has 21 heavy (non-hydrogen) atoms. The third-order valence-corrected chi connectivity index (χ3v) is 4.72. The first-order valence-electron chi connectivity index (χ1n) is 7.39. The third-order valence-electron chi connectivity index (χ3n) is 4.49. The average molecular weight is 302 g/mol. The van der Waals surface area contributed by atoms with Gasteiger partial charge in [0.1, 0.15) is 0 Å². The highest BCUT2D eigenvalue weighted by Gasteiger charge is 2.38. The van der Waals surface area contributed by atoms with E-state index in [4.69, 9.17) is 11.6 Å². The number of halogens is 1. The van der Waals surface area contributed by atoms with Gasteiger partial charge in [-0.2, -0.15) is 0 Å². The minimum absolute atomic E-state index is 0.0727. The first-order valence-corrected chi connectivity index (χ1v) is 7.76. The van der Waals surface area contributed by atoms with E-state index in [1.807, 2.05) is 30.3 Å². The van der Waals surface area contributed by atoms with Crippen molar-refractivity contribution in [3.63, 3.8) is 0 Å². The van der Waals surface area contributed by atoms with E-state index in [1.165, 1.54) is 11.1 Å². The molecule has 110 valence electrons. The summed E-state index contributed by atoms with van der Waals surface area (Å²) in [6.07, 6.45) is 1.97. The summed E-state index contributed by atoms with van der Waals surface area (Å²) in [5.41, 5.74) is 3.05. The third kappa shape index (κ3) is 2.66. The van der Waals surface area contributed by atoms with Crippen LogP contribution >= 0.6 is 11.6 Å². The minimum atomic E-state index is -0.423. The molecule has 3 heteroatoms. The summed E-state index contributed by atoms with van der Waals surface area (Å²) in [6, 6.07) is 16.1. The summed E-state index contributed by atoms with van der Waals surface area (Å²) in [5.74, 6) is 0.530. The van der Waals surface area contributed by atoms with Crippen LogP contribution in [0.3, 0.4) is 0 Å². The van der Waals surface area contributed by atoms with E-state index in [2.05, 4.69) is 30.4 Å². The second-order valence-corrected chi connectivity index (χ2v) is 6.34. The van der Waals surface area contributed by atoms with Gasteiger partial charge in [-0.3, -0.25) is 0 Å².